The molecule has 0 aliphatic heterocycles. The van der Waals surface area contributed by atoms with Crippen molar-refractivity contribution in [3.8, 4) is 22.6 Å². The highest BCUT2D eigenvalue weighted by Gasteiger charge is 2.21. The molecule has 11 rings (SSSR count). The van der Waals surface area contributed by atoms with Crippen molar-refractivity contribution in [1.29, 1.82) is 0 Å². The lowest BCUT2D eigenvalue weighted by atomic mass is 9.96. The smallest absolute Gasteiger partial charge is 0.228 e. The molecule has 9 aromatic carbocycles. The zero-order valence-electron chi connectivity index (χ0n) is 28.5. The molecular weight excluding hydrogens is 649 g/mol. The molecular formula is C49H30N2O2. The molecule has 0 radical (unpaired) electrons. The van der Waals surface area contributed by atoms with Gasteiger partial charge < -0.3 is 13.7 Å². The number of fused-ring (bicyclic) bond motifs is 9. The monoisotopic (exact) mass is 678 g/mol. The molecule has 0 N–H and O–H groups in total. The minimum absolute atomic E-state index is 0.582. The Morgan fingerprint density at radius 3 is 1.96 bits per heavy atom. The fraction of sp³-hybridized carbons (Fsp3) is 0. The van der Waals surface area contributed by atoms with E-state index < -0.39 is 0 Å². The largest absolute Gasteiger partial charge is 0.456 e. The first-order chi connectivity index (χ1) is 26.3. The third-order valence-electron chi connectivity index (χ3n) is 10.5. The van der Waals surface area contributed by atoms with E-state index in [-0.39, 0.29) is 0 Å². The molecule has 0 bridgehead atoms. The van der Waals surface area contributed by atoms with E-state index in [9.17, 15) is 0 Å². The number of anilines is 3. The topological polar surface area (TPSA) is 42.4 Å². The molecule has 11 aromatic rings. The van der Waals surface area contributed by atoms with Crippen molar-refractivity contribution in [2.45, 2.75) is 0 Å². The SMILES string of the molecule is c1ccc(-c2ccccc2N(c2ccc3c(c2)oc2cccc(-c4nc5ccccc5o4)c23)c2ccc3ccc4c5ccccc5ccc4c3c2)cc1. The first-order valence-corrected chi connectivity index (χ1v) is 17.9. The van der Waals surface area contributed by atoms with Gasteiger partial charge in [-0.3, -0.25) is 0 Å². The van der Waals surface area contributed by atoms with Crippen molar-refractivity contribution in [1.82, 2.24) is 4.98 Å². The molecule has 4 nitrogen and oxygen atoms in total. The summed E-state index contributed by atoms with van der Waals surface area (Å²) in [6.45, 7) is 0. The average molecular weight is 679 g/mol. The van der Waals surface area contributed by atoms with Crippen molar-refractivity contribution in [3.63, 3.8) is 0 Å². The van der Waals surface area contributed by atoms with Gasteiger partial charge in [0.05, 0.1) is 5.69 Å². The Kier molecular flexibility index (Phi) is 6.52. The lowest BCUT2D eigenvalue weighted by Crippen LogP contribution is -2.11. The minimum Gasteiger partial charge on any atom is -0.456 e. The predicted octanol–water partition coefficient (Wildman–Crippen LogP) is 14.0. The second kappa shape index (κ2) is 11.7. The number of benzene rings is 9. The van der Waals surface area contributed by atoms with Crippen LogP contribution in [0, 0.1) is 0 Å². The Morgan fingerprint density at radius 1 is 0.396 bits per heavy atom. The van der Waals surface area contributed by atoms with Crippen LogP contribution in [-0.4, -0.2) is 4.98 Å². The number of hydrogen-bond donors (Lipinski definition) is 0. The maximum atomic E-state index is 6.64. The van der Waals surface area contributed by atoms with Gasteiger partial charge in [0.15, 0.2) is 5.58 Å². The highest BCUT2D eigenvalue weighted by atomic mass is 16.3. The van der Waals surface area contributed by atoms with Gasteiger partial charge in [-0.15, -0.1) is 0 Å². The van der Waals surface area contributed by atoms with Gasteiger partial charge in [-0.05, 0) is 92.5 Å². The van der Waals surface area contributed by atoms with Gasteiger partial charge in [-0.1, -0.05) is 121 Å². The third kappa shape index (κ3) is 4.73. The number of aromatic nitrogens is 1. The molecule has 248 valence electrons. The lowest BCUT2D eigenvalue weighted by molar-refractivity contribution is 0.620. The van der Waals surface area contributed by atoms with Crippen molar-refractivity contribution >= 4 is 82.4 Å². The highest BCUT2D eigenvalue weighted by Crippen LogP contribution is 2.45. The summed E-state index contributed by atoms with van der Waals surface area (Å²) in [5.74, 6) is 0.582. The predicted molar refractivity (Wildman–Crippen MR) is 219 cm³/mol. The molecule has 0 aliphatic rings. The summed E-state index contributed by atoms with van der Waals surface area (Å²) in [6, 6.07) is 64.1. The van der Waals surface area contributed by atoms with E-state index in [1.807, 2.05) is 36.4 Å². The maximum absolute atomic E-state index is 6.64. The van der Waals surface area contributed by atoms with Gasteiger partial charge in [0.2, 0.25) is 5.89 Å². The Hall–Kier alpha value is -7.17. The van der Waals surface area contributed by atoms with E-state index in [0.29, 0.717) is 5.89 Å². The van der Waals surface area contributed by atoms with Crippen LogP contribution in [0.15, 0.2) is 191 Å². The number of furan rings is 1. The van der Waals surface area contributed by atoms with Crippen molar-refractivity contribution in [2.24, 2.45) is 0 Å². The van der Waals surface area contributed by atoms with Crippen LogP contribution in [0.1, 0.15) is 0 Å². The Balaban J connectivity index is 1.14. The van der Waals surface area contributed by atoms with Crippen molar-refractivity contribution in [3.05, 3.63) is 182 Å². The van der Waals surface area contributed by atoms with Crippen LogP contribution >= 0.6 is 0 Å². The van der Waals surface area contributed by atoms with E-state index in [2.05, 4.69) is 150 Å². The summed E-state index contributed by atoms with van der Waals surface area (Å²) in [7, 11) is 0. The molecule has 0 unspecified atom stereocenters. The van der Waals surface area contributed by atoms with E-state index in [1.165, 1.54) is 32.3 Å². The van der Waals surface area contributed by atoms with Crippen molar-refractivity contribution < 1.29 is 8.83 Å². The molecule has 0 fully saturated rings. The second-order valence-corrected chi connectivity index (χ2v) is 13.5. The lowest BCUT2D eigenvalue weighted by Gasteiger charge is -2.28. The fourth-order valence-electron chi connectivity index (χ4n) is 8.02. The first-order valence-electron chi connectivity index (χ1n) is 17.9. The Bertz CT molecular complexity index is 3160. The standard InChI is InChI=1S/C49H30N2O2/c1-2-11-31(12-3-1)37-15-6-8-18-44(37)51(34-24-21-33-23-26-38-36-14-5-4-13-32(36)22-27-39(38)42(33)29-34)35-25-28-40-47(30-35)52-46-20-10-16-41(48(40)46)49-50-43-17-7-9-19-45(43)53-49/h1-30H. The zero-order valence-corrected chi connectivity index (χ0v) is 28.5. The van der Waals surface area contributed by atoms with Crippen LogP contribution in [-0.2, 0) is 0 Å². The Labute approximate surface area is 304 Å². The van der Waals surface area contributed by atoms with Crippen molar-refractivity contribution in [2.75, 3.05) is 4.90 Å². The normalized spacial score (nSPS) is 11.8. The molecule has 4 heteroatoms. The van der Waals surface area contributed by atoms with Crippen LogP contribution in [0.5, 0.6) is 0 Å². The summed E-state index contributed by atoms with van der Waals surface area (Å²) in [6.07, 6.45) is 0. The highest BCUT2D eigenvalue weighted by molar-refractivity contribution is 6.18. The summed E-state index contributed by atoms with van der Waals surface area (Å²) >= 11 is 0. The van der Waals surface area contributed by atoms with Gasteiger partial charge in [-0.2, -0.15) is 0 Å². The van der Waals surface area contributed by atoms with E-state index in [1.54, 1.807) is 0 Å². The average Bonchev–Trinajstić information content (AvgIpc) is 3.83. The quantitative estimate of drug-likeness (QED) is 0.170. The van der Waals surface area contributed by atoms with Crippen LogP contribution < -0.4 is 4.90 Å². The molecule has 0 aliphatic carbocycles. The summed E-state index contributed by atoms with van der Waals surface area (Å²) in [5.41, 5.74) is 9.50. The first kappa shape index (κ1) is 29.5. The molecule has 53 heavy (non-hydrogen) atoms. The van der Waals surface area contributed by atoms with Crippen LogP contribution in [0.2, 0.25) is 0 Å². The molecule has 0 saturated heterocycles. The minimum atomic E-state index is 0.582. The van der Waals surface area contributed by atoms with Gasteiger partial charge >= 0.3 is 0 Å². The van der Waals surface area contributed by atoms with E-state index >= 15 is 0 Å². The van der Waals surface area contributed by atoms with E-state index in [4.69, 9.17) is 13.8 Å². The van der Waals surface area contributed by atoms with Crippen LogP contribution in [0.4, 0.5) is 17.1 Å². The fourth-order valence-corrected chi connectivity index (χ4v) is 8.02. The summed E-state index contributed by atoms with van der Waals surface area (Å²) in [5, 5.41) is 9.40. The molecule has 2 heterocycles. The van der Waals surface area contributed by atoms with E-state index in [0.717, 1.165) is 66.8 Å². The molecule has 0 amide bonds. The Morgan fingerprint density at radius 2 is 1.06 bits per heavy atom. The third-order valence-corrected chi connectivity index (χ3v) is 10.5. The molecule has 2 aromatic heterocycles. The van der Waals surface area contributed by atoms with Crippen LogP contribution in [0.3, 0.4) is 0 Å². The van der Waals surface area contributed by atoms with Crippen LogP contribution in [0.25, 0.3) is 87.9 Å². The number of para-hydroxylation sites is 3. The van der Waals surface area contributed by atoms with Gasteiger partial charge in [-0.25, -0.2) is 4.98 Å². The molecule has 0 spiro atoms. The van der Waals surface area contributed by atoms with Gasteiger partial charge in [0.25, 0.3) is 0 Å². The maximum Gasteiger partial charge on any atom is 0.228 e. The number of oxazole rings is 1. The number of hydrogen-bond acceptors (Lipinski definition) is 4. The summed E-state index contributed by atoms with van der Waals surface area (Å²) < 4.78 is 12.9. The zero-order chi connectivity index (χ0) is 34.9. The molecule has 0 atom stereocenters. The number of rotatable bonds is 5. The van der Waals surface area contributed by atoms with Gasteiger partial charge in [0.1, 0.15) is 16.7 Å². The molecule has 0 saturated carbocycles. The number of nitrogens with zero attached hydrogens (tertiary/aromatic N) is 2. The van der Waals surface area contributed by atoms with Gasteiger partial charge in [0, 0.05) is 39.3 Å². The summed E-state index contributed by atoms with van der Waals surface area (Å²) in [4.78, 5) is 7.19. The second-order valence-electron chi connectivity index (χ2n) is 13.5.